The number of aromatic nitrogens is 2. The van der Waals surface area contributed by atoms with Crippen molar-refractivity contribution in [2.45, 2.75) is 45.7 Å². The minimum atomic E-state index is -0.341. The average Bonchev–Trinajstić information content (AvgIpc) is 2.62. The van der Waals surface area contributed by atoms with Crippen LogP contribution in [0, 0.1) is 0 Å². The van der Waals surface area contributed by atoms with Crippen molar-refractivity contribution in [1.29, 1.82) is 0 Å². The molecule has 1 aromatic rings. The van der Waals surface area contributed by atoms with Crippen molar-refractivity contribution < 1.29 is 4.74 Å². The molecule has 4 nitrogen and oxygen atoms in total. The van der Waals surface area contributed by atoms with E-state index in [4.69, 9.17) is 10.5 Å². The summed E-state index contributed by atoms with van der Waals surface area (Å²) in [7, 11) is 0. The van der Waals surface area contributed by atoms with Crippen LogP contribution in [-0.2, 0) is 11.2 Å². The highest BCUT2D eigenvalue weighted by Crippen LogP contribution is 2.11. The largest absolute Gasteiger partial charge is 0.380 e. The molecule has 1 rings (SSSR count). The third-order valence-corrected chi connectivity index (χ3v) is 2.41. The first-order chi connectivity index (χ1) is 7.44. The quantitative estimate of drug-likeness (QED) is 0.802. The summed E-state index contributed by atoms with van der Waals surface area (Å²) >= 11 is 0. The molecule has 0 amide bonds. The molecule has 4 heteroatoms. The molecular formula is C12H23N3O. The van der Waals surface area contributed by atoms with E-state index in [9.17, 15) is 0 Å². The Morgan fingerprint density at radius 2 is 2.25 bits per heavy atom. The van der Waals surface area contributed by atoms with Crippen LogP contribution in [0.4, 0.5) is 0 Å². The Labute approximate surface area is 97.8 Å². The summed E-state index contributed by atoms with van der Waals surface area (Å²) in [6.45, 7) is 9.46. The molecule has 0 saturated carbocycles. The summed E-state index contributed by atoms with van der Waals surface area (Å²) in [6, 6.07) is 2.42. The summed E-state index contributed by atoms with van der Waals surface area (Å²) in [5, 5.41) is 4.48. The minimum absolute atomic E-state index is 0.341. The Morgan fingerprint density at radius 3 is 2.75 bits per heavy atom. The second-order valence-corrected chi connectivity index (χ2v) is 4.85. The molecule has 0 radical (unpaired) electrons. The van der Waals surface area contributed by atoms with E-state index in [1.54, 1.807) is 0 Å². The van der Waals surface area contributed by atoms with Gasteiger partial charge < -0.3 is 10.5 Å². The Balaban J connectivity index is 2.57. The molecule has 0 aliphatic rings. The first-order valence-corrected chi connectivity index (χ1v) is 5.85. The molecule has 0 aliphatic heterocycles. The fourth-order valence-electron chi connectivity index (χ4n) is 1.56. The Hall–Kier alpha value is -0.870. The van der Waals surface area contributed by atoms with Gasteiger partial charge in [0.1, 0.15) is 0 Å². The highest BCUT2D eigenvalue weighted by atomic mass is 16.5. The van der Waals surface area contributed by atoms with Crippen molar-refractivity contribution in [3.8, 4) is 0 Å². The Kier molecular flexibility index (Phi) is 4.50. The molecule has 0 fully saturated rings. The maximum atomic E-state index is 6.15. The van der Waals surface area contributed by atoms with Gasteiger partial charge in [-0.3, -0.25) is 4.68 Å². The summed E-state index contributed by atoms with van der Waals surface area (Å²) in [4.78, 5) is 0. The van der Waals surface area contributed by atoms with E-state index in [2.05, 4.69) is 18.9 Å². The summed E-state index contributed by atoms with van der Waals surface area (Å²) < 4.78 is 7.32. The van der Waals surface area contributed by atoms with Crippen LogP contribution in [0.3, 0.4) is 0 Å². The number of rotatable bonds is 6. The Bertz CT molecular complexity index is 318. The van der Waals surface area contributed by atoms with Crippen molar-refractivity contribution >= 4 is 0 Å². The molecule has 16 heavy (non-hydrogen) atoms. The van der Waals surface area contributed by atoms with E-state index in [0.29, 0.717) is 19.3 Å². The number of ether oxygens (including phenoxy) is 1. The fraction of sp³-hybridized carbons (Fsp3) is 0.750. The van der Waals surface area contributed by atoms with Crippen molar-refractivity contribution in [1.82, 2.24) is 9.78 Å². The predicted molar refractivity (Wildman–Crippen MR) is 65.4 cm³/mol. The fourth-order valence-corrected chi connectivity index (χ4v) is 1.56. The second kappa shape index (κ2) is 5.46. The van der Waals surface area contributed by atoms with Gasteiger partial charge in [-0.25, -0.2) is 0 Å². The van der Waals surface area contributed by atoms with E-state index in [-0.39, 0.29) is 5.54 Å². The van der Waals surface area contributed by atoms with Crippen LogP contribution in [0.15, 0.2) is 12.3 Å². The molecule has 1 unspecified atom stereocenters. The van der Waals surface area contributed by atoms with Gasteiger partial charge in [0.2, 0.25) is 0 Å². The van der Waals surface area contributed by atoms with Crippen LogP contribution in [0.5, 0.6) is 0 Å². The Morgan fingerprint density at radius 1 is 1.56 bits per heavy atom. The highest BCUT2D eigenvalue weighted by Gasteiger charge is 2.20. The molecule has 92 valence electrons. The molecule has 0 aliphatic carbocycles. The summed E-state index contributed by atoms with van der Waals surface area (Å²) in [5.74, 6) is 0. The highest BCUT2D eigenvalue weighted by molar-refractivity contribution is 5.05. The van der Waals surface area contributed by atoms with Gasteiger partial charge in [-0.15, -0.1) is 0 Å². The van der Waals surface area contributed by atoms with Gasteiger partial charge in [0.05, 0.1) is 12.3 Å². The maximum absolute atomic E-state index is 6.15. The third kappa shape index (κ3) is 3.94. The van der Waals surface area contributed by atoms with Gasteiger partial charge in [-0.1, -0.05) is 0 Å². The number of hydrogen-bond acceptors (Lipinski definition) is 3. The normalized spacial score (nSPS) is 15.4. The number of nitrogens with zero attached hydrogens (tertiary/aromatic N) is 2. The molecule has 0 spiro atoms. The van der Waals surface area contributed by atoms with E-state index in [1.807, 2.05) is 30.8 Å². The summed E-state index contributed by atoms with van der Waals surface area (Å²) in [6.07, 6.45) is 2.74. The molecule has 2 N–H and O–H groups in total. The lowest BCUT2D eigenvalue weighted by molar-refractivity contribution is 0.101. The number of hydrogen-bond donors (Lipinski definition) is 1. The third-order valence-electron chi connectivity index (χ3n) is 2.41. The molecule has 1 aromatic heterocycles. The van der Waals surface area contributed by atoms with Gasteiger partial charge in [0.25, 0.3) is 0 Å². The van der Waals surface area contributed by atoms with Crippen molar-refractivity contribution in [3.63, 3.8) is 0 Å². The standard InChI is InChI=1S/C12H23N3O/c1-5-16-9-12(4,13)8-11-6-7-15(14-11)10(2)3/h6-7,10H,5,8-9,13H2,1-4H3. The first kappa shape index (κ1) is 13.2. The van der Waals surface area contributed by atoms with Crippen LogP contribution in [-0.4, -0.2) is 28.5 Å². The zero-order valence-electron chi connectivity index (χ0n) is 10.7. The van der Waals surface area contributed by atoms with Crippen LogP contribution in [0.2, 0.25) is 0 Å². The monoisotopic (exact) mass is 225 g/mol. The topological polar surface area (TPSA) is 53.1 Å². The maximum Gasteiger partial charge on any atom is 0.0647 e. The van der Waals surface area contributed by atoms with Crippen LogP contribution < -0.4 is 5.73 Å². The smallest absolute Gasteiger partial charge is 0.0647 e. The van der Waals surface area contributed by atoms with E-state index in [1.165, 1.54) is 0 Å². The minimum Gasteiger partial charge on any atom is -0.380 e. The van der Waals surface area contributed by atoms with Crippen LogP contribution in [0.25, 0.3) is 0 Å². The van der Waals surface area contributed by atoms with Crippen LogP contribution >= 0.6 is 0 Å². The predicted octanol–water partition coefficient (Wildman–Crippen LogP) is 1.76. The lowest BCUT2D eigenvalue weighted by Gasteiger charge is -2.23. The molecule has 0 aromatic carbocycles. The lowest BCUT2D eigenvalue weighted by Crippen LogP contribution is -2.43. The molecule has 1 heterocycles. The van der Waals surface area contributed by atoms with Gasteiger partial charge in [0, 0.05) is 30.8 Å². The second-order valence-electron chi connectivity index (χ2n) is 4.85. The van der Waals surface area contributed by atoms with Gasteiger partial charge in [-0.2, -0.15) is 5.10 Å². The zero-order chi connectivity index (χ0) is 12.2. The van der Waals surface area contributed by atoms with E-state index in [0.717, 1.165) is 12.1 Å². The van der Waals surface area contributed by atoms with Gasteiger partial charge in [-0.05, 0) is 33.8 Å². The summed E-state index contributed by atoms with van der Waals surface area (Å²) in [5.41, 5.74) is 6.83. The molecule has 0 saturated heterocycles. The lowest BCUT2D eigenvalue weighted by atomic mass is 9.98. The first-order valence-electron chi connectivity index (χ1n) is 5.85. The molecule has 0 bridgehead atoms. The zero-order valence-corrected chi connectivity index (χ0v) is 10.7. The van der Waals surface area contributed by atoms with E-state index >= 15 is 0 Å². The van der Waals surface area contributed by atoms with Crippen LogP contribution in [0.1, 0.15) is 39.4 Å². The average molecular weight is 225 g/mol. The van der Waals surface area contributed by atoms with Crippen molar-refractivity contribution in [2.75, 3.05) is 13.2 Å². The van der Waals surface area contributed by atoms with Crippen molar-refractivity contribution in [3.05, 3.63) is 18.0 Å². The number of nitrogens with two attached hydrogens (primary N) is 1. The van der Waals surface area contributed by atoms with Gasteiger partial charge in [0.15, 0.2) is 0 Å². The molecule has 1 atom stereocenters. The van der Waals surface area contributed by atoms with Gasteiger partial charge >= 0.3 is 0 Å². The molecular weight excluding hydrogens is 202 g/mol. The van der Waals surface area contributed by atoms with Crippen molar-refractivity contribution in [2.24, 2.45) is 5.73 Å². The van der Waals surface area contributed by atoms with E-state index < -0.39 is 0 Å². The SMILES string of the molecule is CCOCC(C)(N)Cc1ccn(C(C)C)n1.